The van der Waals surface area contributed by atoms with E-state index in [-0.39, 0.29) is 0 Å². The largest absolute Gasteiger partial charge is 0.453 e. The Labute approximate surface area is 102 Å². The molecule has 18 heavy (non-hydrogen) atoms. The van der Waals surface area contributed by atoms with E-state index in [1.165, 1.54) is 6.08 Å². The van der Waals surface area contributed by atoms with Crippen LogP contribution in [0.15, 0.2) is 42.5 Å². The van der Waals surface area contributed by atoms with Gasteiger partial charge in [0.05, 0.1) is 0 Å². The molecule has 0 atom stereocenters. The van der Waals surface area contributed by atoms with Crippen LogP contribution >= 0.6 is 0 Å². The van der Waals surface area contributed by atoms with Crippen molar-refractivity contribution in [3.63, 3.8) is 0 Å². The van der Waals surface area contributed by atoms with E-state index in [0.717, 1.165) is 11.8 Å². The van der Waals surface area contributed by atoms with Crippen LogP contribution in [0.3, 0.4) is 0 Å². The molecule has 98 valence electrons. The van der Waals surface area contributed by atoms with Gasteiger partial charge in [-0.2, -0.15) is 13.2 Å². The van der Waals surface area contributed by atoms with Crippen LogP contribution in [-0.2, 0) is 9.53 Å². The van der Waals surface area contributed by atoms with Crippen LogP contribution in [0.1, 0.15) is 0 Å². The van der Waals surface area contributed by atoms with E-state index in [1.54, 1.807) is 0 Å². The van der Waals surface area contributed by atoms with Gasteiger partial charge in [-0.05, 0) is 12.1 Å². The van der Waals surface area contributed by atoms with Gasteiger partial charge in [-0.25, -0.2) is 4.79 Å². The molecule has 0 heterocycles. The van der Waals surface area contributed by atoms with E-state index in [1.807, 2.05) is 30.3 Å². The standard InChI is InChI=1S/C12H12F3NO2/c13-12(14,15)9-18-11(17)7-4-8-16-10-5-2-1-3-6-10/h1-7,16H,8-9H2/b7-4+. The minimum Gasteiger partial charge on any atom is -0.453 e. The van der Waals surface area contributed by atoms with Gasteiger partial charge in [0.25, 0.3) is 0 Å². The van der Waals surface area contributed by atoms with E-state index in [0.29, 0.717) is 6.54 Å². The Balaban J connectivity index is 2.23. The van der Waals surface area contributed by atoms with Crippen LogP contribution in [0.25, 0.3) is 0 Å². The van der Waals surface area contributed by atoms with E-state index in [4.69, 9.17) is 0 Å². The van der Waals surface area contributed by atoms with Gasteiger partial charge in [0.15, 0.2) is 6.61 Å². The highest BCUT2D eigenvalue weighted by molar-refractivity contribution is 5.82. The van der Waals surface area contributed by atoms with Gasteiger partial charge < -0.3 is 10.1 Å². The Kier molecular flexibility index (Phi) is 5.23. The predicted molar refractivity (Wildman–Crippen MR) is 61.1 cm³/mol. The lowest BCUT2D eigenvalue weighted by atomic mass is 10.3. The molecule has 0 amide bonds. The highest BCUT2D eigenvalue weighted by Crippen LogP contribution is 2.14. The van der Waals surface area contributed by atoms with Crippen molar-refractivity contribution in [2.75, 3.05) is 18.5 Å². The molecule has 0 spiro atoms. The van der Waals surface area contributed by atoms with Gasteiger partial charge in [0, 0.05) is 18.3 Å². The second-order valence-electron chi connectivity index (χ2n) is 3.37. The van der Waals surface area contributed by atoms with E-state index >= 15 is 0 Å². The molecule has 0 aliphatic heterocycles. The third-order valence-corrected chi connectivity index (χ3v) is 1.83. The molecule has 1 N–H and O–H groups in total. The Bertz CT molecular complexity index is 402. The van der Waals surface area contributed by atoms with E-state index < -0.39 is 18.8 Å². The molecule has 0 aliphatic carbocycles. The number of benzene rings is 1. The lowest BCUT2D eigenvalue weighted by Gasteiger charge is -2.05. The number of carbonyl (C=O) groups excluding carboxylic acids is 1. The molecule has 0 saturated carbocycles. The fraction of sp³-hybridized carbons (Fsp3) is 0.250. The maximum absolute atomic E-state index is 11.7. The number of para-hydroxylation sites is 1. The number of carbonyl (C=O) groups is 1. The number of halogens is 3. The number of nitrogens with one attached hydrogen (secondary N) is 1. The number of ether oxygens (including phenoxy) is 1. The summed E-state index contributed by atoms with van der Waals surface area (Å²) in [6.07, 6.45) is -2.14. The molecule has 0 aromatic heterocycles. The molecule has 3 nitrogen and oxygen atoms in total. The number of anilines is 1. The lowest BCUT2D eigenvalue weighted by Crippen LogP contribution is -2.19. The topological polar surface area (TPSA) is 38.3 Å². The molecule has 6 heteroatoms. The van der Waals surface area contributed by atoms with Gasteiger partial charge in [-0.15, -0.1) is 0 Å². The molecule has 1 rings (SSSR count). The summed E-state index contributed by atoms with van der Waals surface area (Å²) in [4.78, 5) is 10.9. The third kappa shape index (κ3) is 6.57. The first-order valence-electron chi connectivity index (χ1n) is 5.16. The number of esters is 1. The van der Waals surface area contributed by atoms with Crippen LogP contribution in [0.5, 0.6) is 0 Å². The number of hydrogen-bond donors (Lipinski definition) is 1. The van der Waals surface area contributed by atoms with Gasteiger partial charge >= 0.3 is 12.1 Å². The zero-order valence-electron chi connectivity index (χ0n) is 9.41. The summed E-state index contributed by atoms with van der Waals surface area (Å²) in [5, 5.41) is 2.96. The Morgan fingerprint density at radius 3 is 2.56 bits per heavy atom. The van der Waals surface area contributed by atoms with Crippen molar-refractivity contribution in [2.45, 2.75) is 6.18 Å². The molecular weight excluding hydrogens is 247 g/mol. The van der Waals surface area contributed by atoms with Crippen LogP contribution in [0.2, 0.25) is 0 Å². The number of hydrogen-bond acceptors (Lipinski definition) is 3. The van der Waals surface area contributed by atoms with Crippen molar-refractivity contribution < 1.29 is 22.7 Å². The zero-order valence-corrected chi connectivity index (χ0v) is 9.41. The van der Waals surface area contributed by atoms with E-state index in [9.17, 15) is 18.0 Å². The normalized spacial score (nSPS) is 11.5. The molecule has 0 unspecified atom stereocenters. The number of alkyl halides is 3. The Morgan fingerprint density at radius 1 is 1.28 bits per heavy atom. The van der Waals surface area contributed by atoms with Crippen molar-refractivity contribution in [3.05, 3.63) is 42.5 Å². The Hall–Kier alpha value is -1.98. The average Bonchev–Trinajstić information content (AvgIpc) is 2.33. The molecule has 0 fully saturated rings. The lowest BCUT2D eigenvalue weighted by molar-refractivity contribution is -0.182. The van der Waals surface area contributed by atoms with Gasteiger partial charge in [0.2, 0.25) is 0 Å². The fourth-order valence-corrected chi connectivity index (χ4v) is 1.09. The molecule has 1 aromatic carbocycles. The highest BCUT2D eigenvalue weighted by Gasteiger charge is 2.29. The van der Waals surface area contributed by atoms with Crippen molar-refractivity contribution in [1.82, 2.24) is 0 Å². The zero-order chi connectivity index (χ0) is 13.4. The fourth-order valence-electron chi connectivity index (χ4n) is 1.09. The second-order valence-corrected chi connectivity index (χ2v) is 3.37. The predicted octanol–water partition coefficient (Wildman–Crippen LogP) is 2.76. The minimum absolute atomic E-state index is 0.325. The molecule has 1 aromatic rings. The molecular formula is C12H12F3NO2. The Morgan fingerprint density at radius 2 is 1.94 bits per heavy atom. The van der Waals surface area contributed by atoms with Crippen LogP contribution in [0, 0.1) is 0 Å². The summed E-state index contributed by atoms with van der Waals surface area (Å²) in [6.45, 7) is -1.24. The maximum Gasteiger partial charge on any atom is 0.422 e. The van der Waals surface area contributed by atoms with Crippen molar-refractivity contribution in [3.8, 4) is 0 Å². The SMILES string of the molecule is O=C(/C=C/CNc1ccccc1)OCC(F)(F)F. The summed E-state index contributed by atoms with van der Waals surface area (Å²) in [5.74, 6) is -1.01. The minimum atomic E-state index is -4.49. The number of rotatable bonds is 5. The first kappa shape index (κ1) is 14.1. The summed E-state index contributed by atoms with van der Waals surface area (Å²) in [5.41, 5.74) is 0.853. The van der Waals surface area contributed by atoms with Crippen LogP contribution in [-0.4, -0.2) is 25.3 Å². The smallest absolute Gasteiger partial charge is 0.422 e. The summed E-state index contributed by atoms with van der Waals surface area (Å²) < 4.78 is 39.1. The summed E-state index contributed by atoms with van der Waals surface area (Å²) in [7, 11) is 0. The average molecular weight is 259 g/mol. The maximum atomic E-state index is 11.7. The highest BCUT2D eigenvalue weighted by atomic mass is 19.4. The molecule has 0 radical (unpaired) electrons. The molecule has 0 saturated heterocycles. The summed E-state index contributed by atoms with van der Waals surface area (Å²) in [6, 6.07) is 9.19. The first-order valence-corrected chi connectivity index (χ1v) is 5.16. The first-order chi connectivity index (χ1) is 8.47. The quantitative estimate of drug-likeness (QED) is 0.652. The van der Waals surface area contributed by atoms with Crippen LogP contribution < -0.4 is 5.32 Å². The molecule has 0 bridgehead atoms. The second kappa shape index (κ2) is 6.68. The van der Waals surface area contributed by atoms with Crippen LogP contribution in [0.4, 0.5) is 18.9 Å². The van der Waals surface area contributed by atoms with Crippen molar-refractivity contribution >= 4 is 11.7 Å². The molecule has 0 aliphatic rings. The van der Waals surface area contributed by atoms with Gasteiger partial charge in [-0.1, -0.05) is 24.3 Å². The van der Waals surface area contributed by atoms with Gasteiger partial charge in [-0.3, -0.25) is 0 Å². The van der Waals surface area contributed by atoms with E-state index in [2.05, 4.69) is 10.1 Å². The monoisotopic (exact) mass is 259 g/mol. The third-order valence-electron chi connectivity index (χ3n) is 1.83. The summed E-state index contributed by atoms with van der Waals surface area (Å²) >= 11 is 0. The van der Waals surface area contributed by atoms with Gasteiger partial charge in [0.1, 0.15) is 0 Å². The van der Waals surface area contributed by atoms with Crippen molar-refractivity contribution in [1.29, 1.82) is 0 Å². The van der Waals surface area contributed by atoms with Crippen molar-refractivity contribution in [2.24, 2.45) is 0 Å².